The van der Waals surface area contributed by atoms with Crippen LogP contribution in [0.15, 0.2) is 0 Å². The third-order valence-electron chi connectivity index (χ3n) is 1.54. The number of carbonyl (C=O) groups excluding carboxylic acids is 1. The Morgan fingerprint density at radius 2 is 1.79 bits per heavy atom. The molecule has 0 spiro atoms. The van der Waals surface area contributed by atoms with Crippen molar-refractivity contribution in [1.29, 1.82) is 0 Å². The van der Waals surface area contributed by atoms with Crippen molar-refractivity contribution in [1.82, 2.24) is 5.32 Å². The summed E-state index contributed by atoms with van der Waals surface area (Å²) in [5.41, 5.74) is 0. The lowest BCUT2D eigenvalue weighted by Gasteiger charge is -2.14. The summed E-state index contributed by atoms with van der Waals surface area (Å²) in [6.07, 6.45) is -0.285. The number of aliphatic carboxylic acids is 2. The minimum atomic E-state index is -1.06. The molecule has 6 nitrogen and oxygen atoms in total. The fourth-order valence-corrected chi connectivity index (χ4v) is 1.02. The van der Waals surface area contributed by atoms with Crippen LogP contribution < -0.4 is 5.32 Å². The minimum absolute atomic E-state index is 0.126. The first-order chi connectivity index (χ1) is 6.41. The number of hydrogen-bond donors (Lipinski definition) is 3. The second-order valence-corrected chi connectivity index (χ2v) is 2.93. The Labute approximate surface area is 80.9 Å². The van der Waals surface area contributed by atoms with Gasteiger partial charge >= 0.3 is 11.9 Å². The van der Waals surface area contributed by atoms with E-state index in [4.69, 9.17) is 10.2 Å². The lowest BCUT2D eigenvalue weighted by molar-refractivity contribution is -0.140. The van der Waals surface area contributed by atoms with Crippen molar-refractivity contribution in [2.75, 3.05) is 0 Å². The van der Waals surface area contributed by atoms with Crippen LogP contribution in [0.5, 0.6) is 0 Å². The van der Waals surface area contributed by atoms with Gasteiger partial charge in [-0.3, -0.25) is 14.4 Å². The topological polar surface area (TPSA) is 104 Å². The molecule has 0 aromatic heterocycles. The molecular formula is C8H13NO5. The number of nitrogens with one attached hydrogen (secondary N) is 1. The highest BCUT2D eigenvalue weighted by Gasteiger charge is 2.15. The monoisotopic (exact) mass is 203 g/mol. The maximum Gasteiger partial charge on any atom is 0.305 e. The van der Waals surface area contributed by atoms with E-state index in [2.05, 4.69) is 5.32 Å². The Kier molecular flexibility index (Phi) is 5.28. The number of carboxylic acid groups (broad SMARTS) is 2. The van der Waals surface area contributed by atoms with Crippen molar-refractivity contribution in [3.63, 3.8) is 0 Å². The third kappa shape index (κ3) is 7.08. The van der Waals surface area contributed by atoms with Crippen LogP contribution in [0.1, 0.15) is 26.2 Å². The fourth-order valence-electron chi connectivity index (χ4n) is 1.02. The van der Waals surface area contributed by atoms with Crippen molar-refractivity contribution in [2.45, 2.75) is 32.2 Å². The molecule has 1 atom stereocenters. The molecule has 14 heavy (non-hydrogen) atoms. The number of carboxylic acids is 2. The molecule has 0 aromatic carbocycles. The van der Waals surface area contributed by atoms with Gasteiger partial charge in [0.2, 0.25) is 5.91 Å². The van der Waals surface area contributed by atoms with Crippen molar-refractivity contribution in [3.05, 3.63) is 0 Å². The van der Waals surface area contributed by atoms with Crippen LogP contribution in [-0.2, 0) is 14.4 Å². The van der Waals surface area contributed by atoms with Crippen molar-refractivity contribution >= 4 is 17.8 Å². The molecule has 1 unspecified atom stereocenters. The molecule has 6 heteroatoms. The molecule has 3 N–H and O–H groups in total. The summed E-state index contributed by atoms with van der Waals surface area (Å²) in [6, 6.07) is -0.610. The van der Waals surface area contributed by atoms with Gasteiger partial charge in [-0.1, -0.05) is 0 Å². The standard InChI is InChI=1S/C8H13NO5/c1-5(10)9-6(4-8(13)14)2-3-7(11)12/h6H,2-4H2,1H3,(H,9,10)(H,11,12)(H,13,14). The van der Waals surface area contributed by atoms with Crippen LogP contribution >= 0.6 is 0 Å². The summed E-state index contributed by atoms with van der Waals surface area (Å²) >= 11 is 0. The first-order valence-corrected chi connectivity index (χ1v) is 4.12. The summed E-state index contributed by atoms with van der Waals surface area (Å²) < 4.78 is 0. The van der Waals surface area contributed by atoms with Gasteiger partial charge in [0, 0.05) is 19.4 Å². The molecule has 0 aliphatic heterocycles. The molecule has 0 aromatic rings. The summed E-state index contributed by atoms with van der Waals surface area (Å²) in [5.74, 6) is -2.43. The Bertz CT molecular complexity index is 222. The normalized spacial score (nSPS) is 11.8. The van der Waals surface area contributed by atoms with Crippen LogP contribution in [0.2, 0.25) is 0 Å². The predicted octanol–water partition coefficient (Wildman–Crippen LogP) is -0.169. The lowest BCUT2D eigenvalue weighted by atomic mass is 10.1. The molecular weight excluding hydrogens is 190 g/mol. The molecule has 80 valence electrons. The van der Waals surface area contributed by atoms with Crippen LogP contribution in [0.4, 0.5) is 0 Å². The number of carbonyl (C=O) groups is 3. The Hall–Kier alpha value is -1.59. The fraction of sp³-hybridized carbons (Fsp3) is 0.625. The van der Waals surface area contributed by atoms with Gasteiger partial charge in [-0.05, 0) is 6.42 Å². The van der Waals surface area contributed by atoms with E-state index in [-0.39, 0.29) is 25.2 Å². The quantitative estimate of drug-likeness (QED) is 0.556. The number of rotatable bonds is 6. The SMILES string of the molecule is CC(=O)NC(CCC(=O)O)CC(=O)O. The van der Waals surface area contributed by atoms with E-state index in [1.807, 2.05) is 0 Å². The van der Waals surface area contributed by atoms with Crippen LogP contribution in [0.25, 0.3) is 0 Å². The van der Waals surface area contributed by atoms with Gasteiger partial charge in [-0.25, -0.2) is 0 Å². The second kappa shape index (κ2) is 5.95. The molecule has 0 radical (unpaired) electrons. The maximum absolute atomic E-state index is 10.6. The van der Waals surface area contributed by atoms with Crippen molar-refractivity contribution < 1.29 is 24.6 Å². The van der Waals surface area contributed by atoms with Crippen molar-refractivity contribution in [2.24, 2.45) is 0 Å². The number of hydrogen-bond acceptors (Lipinski definition) is 3. The predicted molar refractivity (Wildman–Crippen MR) is 46.7 cm³/mol. The largest absolute Gasteiger partial charge is 0.481 e. The van der Waals surface area contributed by atoms with Gasteiger partial charge in [0.15, 0.2) is 0 Å². The summed E-state index contributed by atoms with van der Waals surface area (Å²) in [4.78, 5) is 31.2. The third-order valence-corrected chi connectivity index (χ3v) is 1.54. The lowest BCUT2D eigenvalue weighted by Crippen LogP contribution is -2.35. The molecule has 0 rings (SSSR count). The van der Waals surface area contributed by atoms with Crippen LogP contribution in [0, 0.1) is 0 Å². The van der Waals surface area contributed by atoms with Gasteiger partial charge in [0.25, 0.3) is 0 Å². The second-order valence-electron chi connectivity index (χ2n) is 2.93. The molecule has 1 amide bonds. The van der Waals surface area contributed by atoms with Crippen molar-refractivity contribution in [3.8, 4) is 0 Å². The average molecular weight is 203 g/mol. The van der Waals surface area contributed by atoms with E-state index in [1.54, 1.807) is 0 Å². The first kappa shape index (κ1) is 12.4. The number of amides is 1. The zero-order valence-electron chi connectivity index (χ0n) is 7.82. The van der Waals surface area contributed by atoms with E-state index < -0.39 is 18.0 Å². The molecule has 0 saturated heterocycles. The summed E-state index contributed by atoms with van der Waals surface area (Å²) in [7, 11) is 0. The highest BCUT2D eigenvalue weighted by atomic mass is 16.4. The molecule has 0 aliphatic carbocycles. The Morgan fingerprint density at radius 1 is 1.21 bits per heavy atom. The highest BCUT2D eigenvalue weighted by molar-refractivity contribution is 5.75. The Morgan fingerprint density at radius 3 is 2.14 bits per heavy atom. The maximum atomic E-state index is 10.6. The van der Waals surface area contributed by atoms with E-state index in [0.29, 0.717) is 0 Å². The van der Waals surface area contributed by atoms with E-state index >= 15 is 0 Å². The first-order valence-electron chi connectivity index (χ1n) is 4.12. The molecule has 0 bridgehead atoms. The zero-order valence-corrected chi connectivity index (χ0v) is 7.82. The van der Waals surface area contributed by atoms with Gasteiger partial charge in [-0.2, -0.15) is 0 Å². The van der Waals surface area contributed by atoms with Gasteiger partial charge in [0.05, 0.1) is 6.42 Å². The van der Waals surface area contributed by atoms with Crippen LogP contribution in [-0.4, -0.2) is 34.1 Å². The van der Waals surface area contributed by atoms with E-state index in [1.165, 1.54) is 6.92 Å². The van der Waals surface area contributed by atoms with Gasteiger partial charge in [0.1, 0.15) is 0 Å². The zero-order chi connectivity index (χ0) is 11.1. The molecule has 0 saturated carbocycles. The summed E-state index contributed by atoms with van der Waals surface area (Å²) in [5, 5.41) is 19.2. The Balaban J connectivity index is 4.03. The van der Waals surface area contributed by atoms with E-state index in [9.17, 15) is 14.4 Å². The molecule has 0 heterocycles. The van der Waals surface area contributed by atoms with E-state index in [0.717, 1.165) is 0 Å². The van der Waals surface area contributed by atoms with Crippen LogP contribution in [0.3, 0.4) is 0 Å². The summed E-state index contributed by atoms with van der Waals surface area (Å²) in [6.45, 7) is 1.26. The van der Waals surface area contributed by atoms with Gasteiger partial charge < -0.3 is 15.5 Å². The molecule has 0 aliphatic rings. The smallest absolute Gasteiger partial charge is 0.305 e. The average Bonchev–Trinajstić information content (AvgIpc) is 1.97. The molecule has 0 fully saturated rings. The van der Waals surface area contributed by atoms with Gasteiger partial charge in [-0.15, -0.1) is 0 Å². The highest BCUT2D eigenvalue weighted by Crippen LogP contribution is 2.02. The minimum Gasteiger partial charge on any atom is -0.481 e.